The van der Waals surface area contributed by atoms with Crippen molar-refractivity contribution in [3.63, 3.8) is 0 Å². The first-order valence-electron chi connectivity index (χ1n) is 2.21. The second kappa shape index (κ2) is 5.07. The fourth-order valence-corrected chi connectivity index (χ4v) is 0.509. The molecule has 1 N–H and O–H groups in total. The maximum atomic E-state index is 9.75. The van der Waals surface area contributed by atoms with Crippen molar-refractivity contribution in [3.05, 3.63) is 0 Å². The molecule has 3 nitrogen and oxygen atoms in total. The van der Waals surface area contributed by atoms with E-state index < -0.39 is 0 Å². The van der Waals surface area contributed by atoms with Crippen LogP contribution in [0.3, 0.4) is 0 Å². The molecule has 0 rings (SSSR count). The number of aliphatic hydroxyl groups excluding tert-OH is 1. The zero-order valence-electron chi connectivity index (χ0n) is 4.66. The van der Waals surface area contributed by atoms with Crippen molar-refractivity contribution in [2.24, 2.45) is 0 Å². The van der Waals surface area contributed by atoms with Crippen molar-refractivity contribution in [3.8, 4) is 5.75 Å². The molecule has 0 aliphatic rings. The van der Waals surface area contributed by atoms with Crippen molar-refractivity contribution in [1.29, 1.82) is 0 Å². The molecule has 0 aromatic rings. The van der Waals surface area contributed by atoms with Gasteiger partial charge in [0, 0.05) is 0 Å². The molecule has 0 aliphatic carbocycles. The summed E-state index contributed by atoms with van der Waals surface area (Å²) < 4.78 is 9.75. The molecule has 0 aromatic carbocycles. The number of likely N-dealkylation sites (N-methyl/N-ethyl adjacent to an activating group) is 1. The third-order valence-corrected chi connectivity index (χ3v) is 1.07. The monoisotopic (exact) mass is 133 g/mol. The van der Waals surface area contributed by atoms with Crippen LogP contribution < -0.4 is 0 Å². The molecule has 0 radical (unpaired) electrons. The number of nitrogens with zero attached hydrogens (tertiary/aromatic N) is 1. The van der Waals surface area contributed by atoms with Gasteiger partial charge in [-0.15, -0.1) is 0 Å². The van der Waals surface area contributed by atoms with E-state index in [4.69, 9.17) is 5.11 Å². The van der Waals surface area contributed by atoms with Crippen molar-refractivity contribution in [2.45, 2.75) is 0 Å². The fourth-order valence-electron chi connectivity index (χ4n) is 0.270. The maximum absolute atomic E-state index is 9.75. The second-order valence-corrected chi connectivity index (χ2v) is 1.72. The first-order chi connectivity index (χ1) is 3.81. The van der Waals surface area contributed by atoms with E-state index in [0.717, 1.165) is 0 Å². The summed E-state index contributed by atoms with van der Waals surface area (Å²) >= 11 is 0. The minimum atomic E-state index is -0.136. The van der Waals surface area contributed by atoms with Crippen LogP contribution in [-0.4, -0.2) is 30.2 Å². The van der Waals surface area contributed by atoms with E-state index in [2.05, 4.69) is 5.75 Å². The Morgan fingerprint density at radius 1 is 1.88 bits per heavy atom. The summed E-state index contributed by atoms with van der Waals surface area (Å²) in [4.78, 5) is 1.54. The van der Waals surface area contributed by atoms with Gasteiger partial charge < -0.3 is 0 Å². The van der Waals surface area contributed by atoms with Crippen LogP contribution in [0.25, 0.3) is 0 Å². The molecule has 0 heterocycles. The van der Waals surface area contributed by atoms with Crippen molar-refractivity contribution >= 4 is 7.92 Å². The molecule has 0 aliphatic heterocycles. The van der Waals surface area contributed by atoms with E-state index in [0.29, 0.717) is 6.54 Å². The predicted molar refractivity (Wildman–Crippen MR) is 31.2 cm³/mol. The second-order valence-electron chi connectivity index (χ2n) is 1.34. The predicted octanol–water partition coefficient (Wildman–Crippen LogP) is 0.119. The van der Waals surface area contributed by atoms with E-state index in [1.807, 2.05) is 0 Å². The number of hydrogen-bond acceptors (Lipinski definition) is 3. The Morgan fingerprint density at radius 2 is 2.50 bits per heavy atom. The van der Waals surface area contributed by atoms with Gasteiger partial charge in [-0.3, -0.25) is 0 Å². The van der Waals surface area contributed by atoms with Gasteiger partial charge in [-0.2, -0.15) is 0 Å². The third kappa shape index (κ3) is 4.10. The number of rotatable bonds is 2. The van der Waals surface area contributed by atoms with E-state index in [9.17, 15) is 4.57 Å². The first-order valence-corrected chi connectivity index (χ1v) is 3.02. The fraction of sp³-hybridized carbons (Fsp3) is 0.750. The van der Waals surface area contributed by atoms with Crippen LogP contribution in [0.15, 0.2) is 0 Å². The molecule has 0 saturated carbocycles. The third-order valence-electron chi connectivity index (χ3n) is 0.647. The van der Waals surface area contributed by atoms with E-state index in [1.54, 1.807) is 7.05 Å². The molecule has 46 valence electrons. The van der Waals surface area contributed by atoms with Gasteiger partial charge in [0.1, 0.15) is 0 Å². The van der Waals surface area contributed by atoms with Crippen LogP contribution in [0.1, 0.15) is 0 Å². The average molecular weight is 133 g/mol. The van der Waals surface area contributed by atoms with Crippen molar-refractivity contribution in [2.75, 3.05) is 20.2 Å². The van der Waals surface area contributed by atoms with Gasteiger partial charge in [0.15, 0.2) is 0 Å². The molecule has 0 aromatic heterocycles. The molecule has 0 saturated heterocycles. The summed E-state index contributed by atoms with van der Waals surface area (Å²) in [7, 11) is 1.56. The Hall–Kier alpha value is -0.0700. The Labute approximate surface area is 49.4 Å². The van der Waals surface area contributed by atoms with Crippen LogP contribution in [0.4, 0.5) is 0 Å². The van der Waals surface area contributed by atoms with Crippen LogP contribution in [0.2, 0.25) is 0 Å². The molecule has 4 heteroatoms. The molecule has 0 bridgehead atoms. The molecule has 0 amide bonds. The number of hydrogen-bond donors (Lipinski definition) is 1. The molecule has 0 unspecified atom stereocenters. The Morgan fingerprint density at radius 3 is 2.88 bits per heavy atom. The summed E-state index contributed by atoms with van der Waals surface area (Å²) in [6, 6.07) is 0. The average Bonchev–Trinajstić information content (AvgIpc) is 1.68. The zero-order valence-corrected chi connectivity index (χ0v) is 5.56. The summed E-state index contributed by atoms with van der Waals surface area (Å²) in [6.45, 7) is 0.550. The summed E-state index contributed by atoms with van der Waals surface area (Å²) in [5.74, 6) is 2.44. The normalized spacial score (nSPS) is 8.88. The first kappa shape index (κ1) is 7.93. The van der Waals surface area contributed by atoms with Gasteiger partial charge >= 0.3 is 48.4 Å². The van der Waals surface area contributed by atoms with Crippen LogP contribution in [0.5, 0.6) is 0 Å². The summed E-state index contributed by atoms with van der Waals surface area (Å²) in [6.07, 6.45) is 0. The minimum absolute atomic E-state index is 0.0685. The van der Waals surface area contributed by atoms with Crippen molar-refractivity contribution < 1.29 is 9.67 Å². The topological polar surface area (TPSA) is 40.5 Å². The standard InChI is InChI=1S/C4H8NO2P/c1-5(2-3-6)4-8-7/h6H,2-3H2,1H3. The SMILES string of the molecule is CN(C#P=O)CCO. The van der Waals surface area contributed by atoms with E-state index in [1.165, 1.54) is 4.90 Å². The van der Waals surface area contributed by atoms with Gasteiger partial charge in [0.2, 0.25) is 0 Å². The summed E-state index contributed by atoms with van der Waals surface area (Å²) in [5, 5.41) is 8.28. The number of aliphatic hydroxyl groups is 1. The zero-order chi connectivity index (χ0) is 6.41. The Balaban J connectivity index is 3.42. The van der Waals surface area contributed by atoms with Crippen molar-refractivity contribution in [1.82, 2.24) is 4.90 Å². The molecular formula is C4H8NO2P. The van der Waals surface area contributed by atoms with Gasteiger partial charge in [0.05, 0.1) is 0 Å². The van der Waals surface area contributed by atoms with Gasteiger partial charge in [-0.05, 0) is 0 Å². The van der Waals surface area contributed by atoms with E-state index >= 15 is 0 Å². The quantitative estimate of drug-likeness (QED) is 0.429. The Bertz CT molecular complexity index is 139. The van der Waals surface area contributed by atoms with Crippen LogP contribution in [-0.2, 0) is 4.57 Å². The van der Waals surface area contributed by atoms with Gasteiger partial charge in [0.25, 0.3) is 0 Å². The van der Waals surface area contributed by atoms with E-state index in [-0.39, 0.29) is 14.5 Å². The van der Waals surface area contributed by atoms with Crippen LogP contribution >= 0.6 is 7.92 Å². The molecule has 8 heavy (non-hydrogen) atoms. The summed E-state index contributed by atoms with van der Waals surface area (Å²) in [5.41, 5.74) is 0. The Kier molecular flexibility index (Phi) is 5.03. The molecule has 0 atom stereocenters. The molecular weight excluding hydrogens is 125 g/mol. The van der Waals surface area contributed by atoms with Crippen LogP contribution in [0, 0.1) is 5.75 Å². The molecule has 0 spiro atoms. The molecule has 0 fully saturated rings. The van der Waals surface area contributed by atoms with Gasteiger partial charge in [-0.1, -0.05) is 0 Å². The van der Waals surface area contributed by atoms with Gasteiger partial charge in [-0.25, -0.2) is 0 Å².